The van der Waals surface area contributed by atoms with E-state index in [-0.39, 0.29) is 5.38 Å². The summed E-state index contributed by atoms with van der Waals surface area (Å²) in [5.74, 6) is 1.43. The highest BCUT2D eigenvalue weighted by Crippen LogP contribution is 2.47. The largest absolute Gasteiger partial charge is 0.117 e. The van der Waals surface area contributed by atoms with Crippen LogP contribution in [-0.4, -0.2) is 0 Å². The van der Waals surface area contributed by atoms with Gasteiger partial charge in [-0.15, -0.1) is 11.6 Å². The average molecular weight is 437 g/mol. The molecule has 0 bridgehead atoms. The molecule has 21 heavy (non-hydrogen) atoms. The Hall–Kier alpha value is 0.470. The lowest BCUT2D eigenvalue weighted by Crippen LogP contribution is -2.27. The Bertz CT molecular complexity index is 497. The van der Waals surface area contributed by atoms with E-state index in [1.807, 2.05) is 0 Å². The predicted molar refractivity (Wildman–Crippen MR) is 100 cm³/mol. The van der Waals surface area contributed by atoms with Gasteiger partial charge in [0.25, 0.3) is 0 Å². The van der Waals surface area contributed by atoms with Crippen molar-refractivity contribution in [3.05, 3.63) is 32.2 Å². The highest BCUT2D eigenvalue weighted by molar-refractivity contribution is 9.11. The van der Waals surface area contributed by atoms with Crippen LogP contribution in [0, 0.1) is 24.2 Å². The smallest absolute Gasteiger partial charge is 0.0624 e. The van der Waals surface area contributed by atoms with Crippen LogP contribution < -0.4 is 0 Å². The minimum absolute atomic E-state index is 0.109. The van der Waals surface area contributed by atoms with E-state index in [9.17, 15) is 0 Å². The topological polar surface area (TPSA) is 0 Å². The molecular formula is C18H25Br2Cl. The number of benzene rings is 1. The van der Waals surface area contributed by atoms with E-state index in [0.717, 1.165) is 14.9 Å². The number of halogens is 3. The predicted octanol–water partition coefficient (Wildman–Crippen LogP) is 7.65. The van der Waals surface area contributed by atoms with Gasteiger partial charge >= 0.3 is 0 Å². The Morgan fingerprint density at radius 2 is 1.62 bits per heavy atom. The van der Waals surface area contributed by atoms with Gasteiger partial charge in [0.15, 0.2) is 0 Å². The molecule has 0 saturated heterocycles. The van der Waals surface area contributed by atoms with Crippen LogP contribution in [0.25, 0.3) is 0 Å². The molecule has 118 valence electrons. The summed E-state index contributed by atoms with van der Waals surface area (Å²) in [6.07, 6.45) is 5.10. The van der Waals surface area contributed by atoms with Gasteiger partial charge in [0, 0.05) is 8.95 Å². The van der Waals surface area contributed by atoms with E-state index in [1.165, 1.54) is 36.8 Å². The maximum absolute atomic E-state index is 6.83. The molecule has 1 atom stereocenters. The molecule has 2 rings (SSSR count). The van der Waals surface area contributed by atoms with E-state index < -0.39 is 0 Å². The number of alkyl halides is 1. The highest BCUT2D eigenvalue weighted by atomic mass is 79.9. The summed E-state index contributed by atoms with van der Waals surface area (Å²) in [7, 11) is 0. The standard InChI is InChI=1S/C18H25Br2Cl/c1-11-9-16(20)14(10-15(11)19)17(21)12-5-7-13(8-6-12)18(2,3)4/h9-10,12-13,17H,5-8H2,1-4H3. The van der Waals surface area contributed by atoms with E-state index in [4.69, 9.17) is 11.6 Å². The maximum atomic E-state index is 6.83. The fourth-order valence-electron chi connectivity index (χ4n) is 3.40. The molecule has 0 aliphatic heterocycles. The van der Waals surface area contributed by atoms with Crippen LogP contribution in [0.2, 0.25) is 0 Å². The van der Waals surface area contributed by atoms with Crippen molar-refractivity contribution in [2.75, 3.05) is 0 Å². The quantitative estimate of drug-likeness (QED) is 0.418. The Kier molecular flexibility index (Phi) is 5.88. The fourth-order valence-corrected chi connectivity index (χ4v) is 5.03. The zero-order valence-electron chi connectivity index (χ0n) is 13.3. The Balaban J connectivity index is 2.09. The van der Waals surface area contributed by atoms with Gasteiger partial charge < -0.3 is 0 Å². The lowest BCUT2D eigenvalue weighted by atomic mass is 9.69. The van der Waals surface area contributed by atoms with Crippen LogP contribution in [0.1, 0.15) is 63.0 Å². The van der Waals surface area contributed by atoms with Gasteiger partial charge in [-0.3, -0.25) is 0 Å². The molecule has 0 aromatic heterocycles. The van der Waals surface area contributed by atoms with Crippen LogP contribution >= 0.6 is 43.5 Å². The molecule has 3 heteroatoms. The summed E-state index contributed by atoms with van der Waals surface area (Å²) in [5.41, 5.74) is 2.90. The van der Waals surface area contributed by atoms with Gasteiger partial charge in [-0.1, -0.05) is 52.6 Å². The van der Waals surface area contributed by atoms with Gasteiger partial charge in [0.2, 0.25) is 0 Å². The van der Waals surface area contributed by atoms with Crippen LogP contribution in [-0.2, 0) is 0 Å². The fraction of sp³-hybridized carbons (Fsp3) is 0.667. The van der Waals surface area contributed by atoms with Crippen LogP contribution in [0.3, 0.4) is 0 Å². The number of hydrogen-bond donors (Lipinski definition) is 0. The van der Waals surface area contributed by atoms with Crippen molar-refractivity contribution in [3.63, 3.8) is 0 Å². The molecule has 1 aliphatic carbocycles. The van der Waals surface area contributed by atoms with Gasteiger partial charge in [-0.2, -0.15) is 0 Å². The molecule has 1 aliphatic rings. The molecule has 0 heterocycles. The van der Waals surface area contributed by atoms with Gasteiger partial charge in [-0.05, 0) is 73.1 Å². The molecule has 1 aromatic rings. The molecule has 0 radical (unpaired) electrons. The van der Waals surface area contributed by atoms with E-state index in [0.29, 0.717) is 11.3 Å². The second kappa shape index (κ2) is 6.93. The second-order valence-corrected chi connectivity index (χ2v) is 9.68. The monoisotopic (exact) mass is 434 g/mol. The van der Waals surface area contributed by atoms with Crippen LogP contribution in [0.4, 0.5) is 0 Å². The molecule has 0 N–H and O–H groups in total. The third-order valence-corrected chi connectivity index (χ3v) is 7.12. The molecule has 1 unspecified atom stereocenters. The van der Waals surface area contributed by atoms with Crippen molar-refractivity contribution < 1.29 is 0 Å². The van der Waals surface area contributed by atoms with Gasteiger partial charge in [-0.25, -0.2) is 0 Å². The Labute approximate surface area is 151 Å². The van der Waals surface area contributed by atoms with Crippen molar-refractivity contribution in [2.24, 2.45) is 17.3 Å². The van der Waals surface area contributed by atoms with Crippen molar-refractivity contribution in [1.82, 2.24) is 0 Å². The summed E-state index contributed by atoms with van der Waals surface area (Å²) >= 11 is 14.1. The average Bonchev–Trinajstić information content (AvgIpc) is 2.41. The maximum Gasteiger partial charge on any atom is 0.0624 e. The minimum Gasteiger partial charge on any atom is -0.117 e. The molecule has 0 nitrogen and oxygen atoms in total. The Morgan fingerprint density at radius 1 is 1.05 bits per heavy atom. The first-order valence-corrected chi connectivity index (χ1v) is 9.82. The first kappa shape index (κ1) is 17.8. The number of hydrogen-bond acceptors (Lipinski definition) is 0. The molecule has 1 saturated carbocycles. The van der Waals surface area contributed by atoms with Crippen molar-refractivity contribution in [2.45, 2.75) is 58.8 Å². The summed E-state index contributed by atoms with van der Waals surface area (Å²) in [6, 6.07) is 4.35. The highest BCUT2D eigenvalue weighted by Gasteiger charge is 2.33. The molecule has 0 amide bonds. The van der Waals surface area contributed by atoms with E-state index in [1.54, 1.807) is 0 Å². The zero-order valence-corrected chi connectivity index (χ0v) is 17.3. The second-order valence-electron chi connectivity index (χ2n) is 7.50. The van der Waals surface area contributed by atoms with Crippen LogP contribution in [0.5, 0.6) is 0 Å². The molecule has 1 aromatic carbocycles. The third kappa shape index (κ3) is 4.26. The summed E-state index contributed by atoms with van der Waals surface area (Å²) in [5, 5.41) is 0.109. The lowest BCUT2D eigenvalue weighted by Gasteiger charge is -2.38. The van der Waals surface area contributed by atoms with Crippen LogP contribution in [0.15, 0.2) is 21.1 Å². The summed E-state index contributed by atoms with van der Waals surface area (Å²) in [6.45, 7) is 9.20. The minimum atomic E-state index is 0.109. The van der Waals surface area contributed by atoms with Crippen molar-refractivity contribution in [1.29, 1.82) is 0 Å². The Morgan fingerprint density at radius 3 is 2.14 bits per heavy atom. The van der Waals surface area contributed by atoms with Crippen molar-refractivity contribution >= 4 is 43.5 Å². The normalized spacial score (nSPS) is 24.9. The third-order valence-electron chi connectivity index (χ3n) is 4.99. The molecule has 0 spiro atoms. The SMILES string of the molecule is Cc1cc(Br)c(C(Cl)C2CCC(C(C)(C)C)CC2)cc1Br. The first-order chi connectivity index (χ1) is 9.70. The molecular weight excluding hydrogens is 411 g/mol. The number of rotatable bonds is 2. The lowest BCUT2D eigenvalue weighted by molar-refractivity contribution is 0.148. The van der Waals surface area contributed by atoms with Gasteiger partial charge in [0.05, 0.1) is 5.38 Å². The first-order valence-electron chi connectivity index (χ1n) is 7.79. The molecule has 1 fully saturated rings. The van der Waals surface area contributed by atoms with E-state index >= 15 is 0 Å². The van der Waals surface area contributed by atoms with Gasteiger partial charge in [0.1, 0.15) is 0 Å². The summed E-state index contributed by atoms with van der Waals surface area (Å²) in [4.78, 5) is 0. The van der Waals surface area contributed by atoms with E-state index in [2.05, 4.69) is 71.7 Å². The van der Waals surface area contributed by atoms with Crippen molar-refractivity contribution in [3.8, 4) is 0 Å². The number of aryl methyl sites for hydroxylation is 1. The zero-order chi connectivity index (χ0) is 15.8. The summed E-state index contributed by atoms with van der Waals surface area (Å²) < 4.78 is 2.29.